The quantitative estimate of drug-likeness (QED) is 0.789. The summed E-state index contributed by atoms with van der Waals surface area (Å²) in [6, 6.07) is 2.03. The van der Waals surface area contributed by atoms with E-state index in [1.54, 1.807) is 6.33 Å². The van der Waals surface area contributed by atoms with Crippen molar-refractivity contribution in [3.8, 4) is 0 Å². The molecule has 0 atom stereocenters. The van der Waals surface area contributed by atoms with Gasteiger partial charge in [0.05, 0.1) is 0 Å². The Morgan fingerprint density at radius 1 is 1.24 bits per heavy atom. The molecule has 0 aliphatic carbocycles. The molecule has 17 heavy (non-hydrogen) atoms. The first-order valence-electron chi connectivity index (χ1n) is 6.45. The van der Waals surface area contributed by atoms with E-state index in [0.29, 0.717) is 5.92 Å². The third kappa shape index (κ3) is 4.69. The van der Waals surface area contributed by atoms with Gasteiger partial charge in [-0.15, -0.1) is 0 Å². The molecular formula is C13H24N4. The molecule has 0 aliphatic rings. The lowest BCUT2D eigenvalue weighted by atomic mass is 10.1. The zero-order valence-corrected chi connectivity index (χ0v) is 11.4. The number of aromatic nitrogens is 2. The van der Waals surface area contributed by atoms with Gasteiger partial charge in [-0.05, 0) is 19.0 Å². The molecule has 0 fully saturated rings. The predicted molar refractivity (Wildman–Crippen MR) is 72.4 cm³/mol. The van der Waals surface area contributed by atoms with Crippen molar-refractivity contribution in [2.75, 3.05) is 31.5 Å². The molecule has 1 heterocycles. The Balaban J connectivity index is 2.43. The summed E-state index contributed by atoms with van der Waals surface area (Å²) in [6.45, 7) is 12.8. The fourth-order valence-electron chi connectivity index (χ4n) is 1.67. The largest absolute Gasteiger partial charge is 0.369 e. The van der Waals surface area contributed by atoms with Gasteiger partial charge in [-0.25, -0.2) is 9.97 Å². The summed E-state index contributed by atoms with van der Waals surface area (Å²) in [4.78, 5) is 10.9. The summed E-state index contributed by atoms with van der Waals surface area (Å²) in [6.07, 6.45) is 1.63. The standard InChI is InChI=1S/C13H24N4/c1-5-17(6-2)8-7-14-13-9-12(11(3)4)15-10-16-13/h9-11H,5-8H2,1-4H3,(H,14,15,16). The molecule has 0 unspecified atom stereocenters. The Labute approximate surface area is 104 Å². The van der Waals surface area contributed by atoms with Crippen LogP contribution in [-0.2, 0) is 0 Å². The van der Waals surface area contributed by atoms with Crippen LogP contribution in [0.25, 0.3) is 0 Å². The van der Waals surface area contributed by atoms with Gasteiger partial charge < -0.3 is 10.2 Å². The van der Waals surface area contributed by atoms with Crippen LogP contribution in [0.1, 0.15) is 39.3 Å². The predicted octanol–water partition coefficient (Wildman–Crippen LogP) is 2.35. The van der Waals surface area contributed by atoms with Crippen LogP contribution in [0.4, 0.5) is 5.82 Å². The van der Waals surface area contributed by atoms with Crippen LogP contribution in [0.2, 0.25) is 0 Å². The number of likely N-dealkylation sites (N-methyl/N-ethyl adjacent to an activating group) is 1. The van der Waals surface area contributed by atoms with Crippen molar-refractivity contribution in [3.05, 3.63) is 18.1 Å². The molecule has 4 nitrogen and oxygen atoms in total. The number of nitrogens with one attached hydrogen (secondary N) is 1. The monoisotopic (exact) mass is 236 g/mol. The average Bonchev–Trinajstić information content (AvgIpc) is 2.35. The molecule has 4 heteroatoms. The van der Waals surface area contributed by atoms with E-state index in [1.807, 2.05) is 6.07 Å². The zero-order valence-electron chi connectivity index (χ0n) is 11.4. The van der Waals surface area contributed by atoms with Gasteiger partial charge in [0.1, 0.15) is 12.1 Å². The van der Waals surface area contributed by atoms with Crippen LogP contribution in [-0.4, -0.2) is 41.0 Å². The van der Waals surface area contributed by atoms with E-state index in [4.69, 9.17) is 0 Å². The van der Waals surface area contributed by atoms with E-state index in [1.165, 1.54) is 0 Å². The Morgan fingerprint density at radius 3 is 2.53 bits per heavy atom. The Kier molecular flexibility index (Phi) is 5.91. The van der Waals surface area contributed by atoms with Gasteiger partial charge in [-0.1, -0.05) is 27.7 Å². The molecule has 0 spiro atoms. The van der Waals surface area contributed by atoms with E-state index in [-0.39, 0.29) is 0 Å². The minimum absolute atomic E-state index is 0.446. The van der Waals surface area contributed by atoms with Crippen molar-refractivity contribution in [2.24, 2.45) is 0 Å². The highest BCUT2D eigenvalue weighted by Gasteiger charge is 2.03. The molecule has 1 rings (SSSR count). The SMILES string of the molecule is CCN(CC)CCNc1cc(C(C)C)ncn1. The summed E-state index contributed by atoms with van der Waals surface area (Å²) < 4.78 is 0. The van der Waals surface area contributed by atoms with Crippen molar-refractivity contribution in [1.29, 1.82) is 0 Å². The van der Waals surface area contributed by atoms with E-state index in [2.05, 4.69) is 47.9 Å². The first-order chi connectivity index (χ1) is 8.17. The van der Waals surface area contributed by atoms with Gasteiger partial charge in [-0.2, -0.15) is 0 Å². The van der Waals surface area contributed by atoms with E-state index < -0.39 is 0 Å². The molecular weight excluding hydrogens is 212 g/mol. The third-order valence-electron chi connectivity index (χ3n) is 2.91. The van der Waals surface area contributed by atoms with Crippen LogP contribution in [0, 0.1) is 0 Å². The molecule has 0 bridgehead atoms. The lowest BCUT2D eigenvalue weighted by Gasteiger charge is -2.18. The lowest BCUT2D eigenvalue weighted by Crippen LogP contribution is -2.28. The van der Waals surface area contributed by atoms with Gasteiger partial charge in [0.15, 0.2) is 0 Å². The molecule has 1 aromatic rings. The van der Waals surface area contributed by atoms with Gasteiger partial charge in [0.2, 0.25) is 0 Å². The topological polar surface area (TPSA) is 41.0 Å². The van der Waals surface area contributed by atoms with Gasteiger partial charge in [0.25, 0.3) is 0 Å². The highest BCUT2D eigenvalue weighted by atomic mass is 15.1. The van der Waals surface area contributed by atoms with Gasteiger partial charge in [0, 0.05) is 24.8 Å². The highest BCUT2D eigenvalue weighted by Crippen LogP contribution is 2.13. The normalized spacial score (nSPS) is 11.2. The van der Waals surface area contributed by atoms with E-state index >= 15 is 0 Å². The van der Waals surface area contributed by atoms with Crippen LogP contribution >= 0.6 is 0 Å². The fourth-order valence-corrected chi connectivity index (χ4v) is 1.67. The molecule has 0 aromatic carbocycles. The maximum Gasteiger partial charge on any atom is 0.129 e. The Bertz CT molecular complexity index is 321. The summed E-state index contributed by atoms with van der Waals surface area (Å²) >= 11 is 0. The molecule has 0 radical (unpaired) electrons. The maximum atomic E-state index is 4.25. The van der Waals surface area contributed by atoms with Crippen molar-refractivity contribution in [3.63, 3.8) is 0 Å². The second-order valence-corrected chi connectivity index (χ2v) is 4.44. The smallest absolute Gasteiger partial charge is 0.129 e. The summed E-state index contributed by atoms with van der Waals surface area (Å²) in [5.41, 5.74) is 1.09. The van der Waals surface area contributed by atoms with Crippen molar-refractivity contribution >= 4 is 5.82 Å². The summed E-state index contributed by atoms with van der Waals surface area (Å²) in [5, 5.41) is 3.35. The molecule has 0 aliphatic heterocycles. The molecule has 0 amide bonds. The second-order valence-electron chi connectivity index (χ2n) is 4.44. The number of hydrogen-bond donors (Lipinski definition) is 1. The van der Waals surface area contributed by atoms with Crippen molar-refractivity contribution in [1.82, 2.24) is 14.9 Å². The highest BCUT2D eigenvalue weighted by molar-refractivity contribution is 5.35. The van der Waals surface area contributed by atoms with E-state index in [0.717, 1.165) is 37.7 Å². The van der Waals surface area contributed by atoms with E-state index in [9.17, 15) is 0 Å². The average molecular weight is 236 g/mol. The molecule has 1 N–H and O–H groups in total. The van der Waals surface area contributed by atoms with Gasteiger partial charge >= 0.3 is 0 Å². The first-order valence-corrected chi connectivity index (χ1v) is 6.45. The molecule has 0 saturated heterocycles. The van der Waals surface area contributed by atoms with Crippen molar-refractivity contribution in [2.45, 2.75) is 33.6 Å². The number of anilines is 1. The maximum absolute atomic E-state index is 4.25. The van der Waals surface area contributed by atoms with Crippen LogP contribution < -0.4 is 5.32 Å². The Hall–Kier alpha value is -1.16. The Morgan fingerprint density at radius 2 is 1.94 bits per heavy atom. The first kappa shape index (κ1) is 13.9. The van der Waals surface area contributed by atoms with Crippen LogP contribution in [0.5, 0.6) is 0 Å². The summed E-state index contributed by atoms with van der Waals surface area (Å²) in [7, 11) is 0. The number of rotatable bonds is 7. The van der Waals surface area contributed by atoms with Crippen LogP contribution in [0.3, 0.4) is 0 Å². The van der Waals surface area contributed by atoms with Crippen LogP contribution in [0.15, 0.2) is 12.4 Å². The number of hydrogen-bond acceptors (Lipinski definition) is 4. The minimum atomic E-state index is 0.446. The lowest BCUT2D eigenvalue weighted by molar-refractivity contribution is 0.316. The fraction of sp³-hybridized carbons (Fsp3) is 0.692. The molecule has 1 aromatic heterocycles. The minimum Gasteiger partial charge on any atom is -0.369 e. The third-order valence-corrected chi connectivity index (χ3v) is 2.91. The van der Waals surface area contributed by atoms with Gasteiger partial charge in [-0.3, -0.25) is 0 Å². The molecule has 96 valence electrons. The second kappa shape index (κ2) is 7.22. The summed E-state index contributed by atoms with van der Waals surface area (Å²) in [5.74, 6) is 1.37. The molecule has 0 saturated carbocycles. The zero-order chi connectivity index (χ0) is 12.7. The number of nitrogens with zero attached hydrogens (tertiary/aromatic N) is 3. The van der Waals surface area contributed by atoms with Crippen molar-refractivity contribution < 1.29 is 0 Å².